The molecule has 1 N–H and O–H groups in total. The van der Waals surface area contributed by atoms with Gasteiger partial charge in [-0.05, 0) is 19.8 Å². The Morgan fingerprint density at radius 2 is 1.87 bits per heavy atom. The van der Waals surface area contributed by atoms with Crippen molar-refractivity contribution in [2.45, 2.75) is 51.3 Å². The maximum absolute atomic E-state index is 11.8. The Labute approximate surface area is 88.4 Å². The zero-order valence-electron chi connectivity index (χ0n) is 9.02. The predicted molar refractivity (Wildman–Crippen MR) is 51.6 cm³/mol. The second-order valence-electron chi connectivity index (χ2n) is 3.52. The van der Waals surface area contributed by atoms with Crippen molar-refractivity contribution in [3.63, 3.8) is 0 Å². The average molecular weight is 228 g/mol. The number of hydrogen-bond acceptors (Lipinski definition) is 2. The minimum absolute atomic E-state index is 0.214. The molecule has 0 heterocycles. The molecule has 0 saturated heterocycles. The van der Waals surface area contributed by atoms with E-state index in [1.165, 1.54) is 0 Å². The van der Waals surface area contributed by atoms with Crippen LogP contribution in [0.15, 0.2) is 0 Å². The van der Waals surface area contributed by atoms with Crippen molar-refractivity contribution in [2.24, 2.45) is 0 Å². The van der Waals surface area contributed by atoms with Crippen LogP contribution in [0.5, 0.6) is 0 Å². The zero-order valence-corrected chi connectivity index (χ0v) is 9.02. The van der Waals surface area contributed by atoms with E-state index in [2.05, 4.69) is 0 Å². The highest BCUT2D eigenvalue weighted by Gasteiger charge is 2.30. The Balaban J connectivity index is 3.28. The van der Waals surface area contributed by atoms with Crippen LogP contribution in [0, 0.1) is 0 Å². The first kappa shape index (κ1) is 14.7. The fraction of sp³-hybridized carbons (Fsp3) is 1.00. The first-order valence-corrected chi connectivity index (χ1v) is 5.28. The molecule has 0 rings (SSSR count). The van der Waals surface area contributed by atoms with E-state index in [1.807, 2.05) is 6.92 Å². The Bertz CT molecular complexity index is 148. The molecule has 0 amide bonds. The quantitative estimate of drug-likeness (QED) is 0.647. The Morgan fingerprint density at radius 3 is 2.40 bits per heavy atom. The molecule has 2 nitrogen and oxygen atoms in total. The van der Waals surface area contributed by atoms with Crippen LogP contribution in [0.25, 0.3) is 0 Å². The third-order valence-electron chi connectivity index (χ3n) is 2.00. The van der Waals surface area contributed by atoms with E-state index in [1.54, 1.807) is 0 Å². The van der Waals surface area contributed by atoms with Crippen molar-refractivity contribution in [1.29, 1.82) is 0 Å². The Morgan fingerprint density at radius 1 is 1.20 bits per heavy atom. The molecule has 0 aromatic carbocycles. The van der Waals surface area contributed by atoms with Crippen LogP contribution in [0.2, 0.25) is 0 Å². The lowest BCUT2D eigenvalue weighted by molar-refractivity contribution is -0.154. The number of unbranched alkanes of at least 4 members (excludes halogenated alkanes) is 2. The summed E-state index contributed by atoms with van der Waals surface area (Å²) in [6, 6.07) is 0. The summed E-state index contributed by atoms with van der Waals surface area (Å²) < 4.78 is 40.5. The molecule has 0 unspecified atom stereocenters. The molecule has 0 aliphatic rings. The highest BCUT2D eigenvalue weighted by molar-refractivity contribution is 4.61. The minimum Gasteiger partial charge on any atom is -0.393 e. The molecular weight excluding hydrogens is 209 g/mol. The number of alkyl halides is 3. The van der Waals surface area contributed by atoms with Crippen LogP contribution in [-0.2, 0) is 4.74 Å². The summed E-state index contributed by atoms with van der Waals surface area (Å²) in [4.78, 5) is 0. The van der Waals surface area contributed by atoms with E-state index in [9.17, 15) is 13.2 Å². The fourth-order valence-corrected chi connectivity index (χ4v) is 1.27. The molecule has 0 spiro atoms. The molecule has 5 heteroatoms. The van der Waals surface area contributed by atoms with E-state index >= 15 is 0 Å². The van der Waals surface area contributed by atoms with Crippen LogP contribution in [0.3, 0.4) is 0 Å². The minimum atomic E-state index is -4.26. The lowest BCUT2D eigenvalue weighted by Gasteiger charge is -2.12. The van der Waals surface area contributed by atoms with Gasteiger partial charge in [-0.3, -0.25) is 0 Å². The molecule has 0 aromatic heterocycles. The molecule has 0 aliphatic carbocycles. The van der Waals surface area contributed by atoms with E-state index < -0.39 is 18.7 Å². The van der Waals surface area contributed by atoms with Gasteiger partial charge in [0, 0.05) is 13.2 Å². The fourth-order valence-electron chi connectivity index (χ4n) is 1.27. The van der Waals surface area contributed by atoms with Gasteiger partial charge in [-0.1, -0.05) is 12.8 Å². The molecule has 0 fully saturated rings. The maximum atomic E-state index is 11.8. The predicted octanol–water partition coefficient (Wildman–Crippen LogP) is 2.90. The van der Waals surface area contributed by atoms with Gasteiger partial charge >= 0.3 is 6.18 Å². The van der Waals surface area contributed by atoms with E-state index in [0.29, 0.717) is 19.6 Å². The SMILES string of the molecule is CCOCCCCC[C@@H](O)CC(F)(F)F. The van der Waals surface area contributed by atoms with Gasteiger partial charge in [0.2, 0.25) is 0 Å². The van der Waals surface area contributed by atoms with Gasteiger partial charge in [-0.2, -0.15) is 13.2 Å². The van der Waals surface area contributed by atoms with E-state index in [0.717, 1.165) is 12.8 Å². The molecule has 0 radical (unpaired) electrons. The number of ether oxygens (including phenoxy) is 1. The summed E-state index contributed by atoms with van der Waals surface area (Å²) in [6.07, 6.45) is -4.14. The first-order valence-electron chi connectivity index (χ1n) is 5.28. The van der Waals surface area contributed by atoms with Crippen molar-refractivity contribution < 1.29 is 23.0 Å². The van der Waals surface area contributed by atoms with Crippen molar-refractivity contribution in [2.75, 3.05) is 13.2 Å². The molecule has 0 aliphatic heterocycles. The van der Waals surface area contributed by atoms with Gasteiger partial charge in [-0.15, -0.1) is 0 Å². The van der Waals surface area contributed by atoms with Gasteiger partial charge in [0.25, 0.3) is 0 Å². The number of hydrogen-bond donors (Lipinski definition) is 1. The second-order valence-corrected chi connectivity index (χ2v) is 3.52. The molecule has 0 aromatic rings. The number of aliphatic hydroxyl groups excluding tert-OH is 1. The largest absolute Gasteiger partial charge is 0.393 e. The van der Waals surface area contributed by atoms with Crippen molar-refractivity contribution in [3.8, 4) is 0 Å². The third-order valence-corrected chi connectivity index (χ3v) is 2.00. The molecule has 0 bridgehead atoms. The van der Waals surface area contributed by atoms with Crippen molar-refractivity contribution >= 4 is 0 Å². The first-order chi connectivity index (χ1) is 6.95. The molecule has 0 saturated carbocycles. The smallest absolute Gasteiger partial charge is 0.391 e. The highest BCUT2D eigenvalue weighted by atomic mass is 19.4. The molecule has 1 atom stereocenters. The van der Waals surface area contributed by atoms with Crippen LogP contribution in [0.1, 0.15) is 39.0 Å². The number of aliphatic hydroxyl groups is 1. The normalized spacial score (nSPS) is 14.2. The topological polar surface area (TPSA) is 29.5 Å². The summed E-state index contributed by atoms with van der Waals surface area (Å²) >= 11 is 0. The molecule has 15 heavy (non-hydrogen) atoms. The van der Waals surface area contributed by atoms with Gasteiger partial charge in [0.15, 0.2) is 0 Å². The van der Waals surface area contributed by atoms with Gasteiger partial charge in [-0.25, -0.2) is 0 Å². The van der Waals surface area contributed by atoms with Crippen LogP contribution >= 0.6 is 0 Å². The maximum Gasteiger partial charge on any atom is 0.391 e. The lowest BCUT2D eigenvalue weighted by Crippen LogP contribution is -2.19. The van der Waals surface area contributed by atoms with Gasteiger partial charge in [0.1, 0.15) is 0 Å². The van der Waals surface area contributed by atoms with Crippen molar-refractivity contribution in [1.82, 2.24) is 0 Å². The summed E-state index contributed by atoms with van der Waals surface area (Å²) in [5.74, 6) is 0. The Kier molecular flexibility index (Phi) is 7.78. The van der Waals surface area contributed by atoms with Crippen LogP contribution < -0.4 is 0 Å². The van der Waals surface area contributed by atoms with Gasteiger partial charge < -0.3 is 9.84 Å². The van der Waals surface area contributed by atoms with E-state index in [-0.39, 0.29) is 6.42 Å². The van der Waals surface area contributed by atoms with Crippen LogP contribution in [-0.4, -0.2) is 30.6 Å². The third kappa shape index (κ3) is 11.6. The molecule has 92 valence electrons. The summed E-state index contributed by atoms with van der Waals surface area (Å²) in [6.45, 7) is 3.20. The summed E-state index contributed by atoms with van der Waals surface area (Å²) in [5, 5.41) is 9.04. The van der Waals surface area contributed by atoms with Crippen molar-refractivity contribution in [3.05, 3.63) is 0 Å². The lowest BCUT2D eigenvalue weighted by atomic mass is 10.1. The number of halogens is 3. The summed E-state index contributed by atoms with van der Waals surface area (Å²) in [5.41, 5.74) is 0. The zero-order chi connectivity index (χ0) is 11.7. The molecular formula is C10H19F3O2. The average Bonchev–Trinajstić information content (AvgIpc) is 2.08. The second kappa shape index (κ2) is 7.93. The number of rotatable bonds is 8. The summed E-state index contributed by atoms with van der Waals surface area (Å²) in [7, 11) is 0. The highest BCUT2D eigenvalue weighted by Crippen LogP contribution is 2.23. The Hall–Kier alpha value is -0.290. The van der Waals surface area contributed by atoms with Gasteiger partial charge in [0.05, 0.1) is 12.5 Å². The monoisotopic (exact) mass is 228 g/mol. The van der Waals surface area contributed by atoms with E-state index in [4.69, 9.17) is 9.84 Å². The standard InChI is InChI=1S/C10H19F3O2/c1-2-15-7-5-3-4-6-9(14)8-10(11,12)13/h9,14H,2-8H2,1H3/t9-/m1/s1. The van der Waals surface area contributed by atoms with Crippen LogP contribution in [0.4, 0.5) is 13.2 Å².